The van der Waals surface area contributed by atoms with Crippen molar-refractivity contribution in [3.8, 4) is 0 Å². The van der Waals surface area contributed by atoms with Crippen molar-refractivity contribution in [3.05, 3.63) is 46.7 Å². The van der Waals surface area contributed by atoms with Crippen LogP contribution in [0.2, 0.25) is 0 Å². The number of rotatable bonds is 3. The highest BCUT2D eigenvalue weighted by molar-refractivity contribution is 7.13. The van der Waals surface area contributed by atoms with E-state index in [-0.39, 0.29) is 11.2 Å². The largest absolute Gasteiger partial charge is 0.348 e. The number of hydrogen-bond acceptors (Lipinski definition) is 3. The van der Waals surface area contributed by atoms with Crippen molar-refractivity contribution in [3.63, 3.8) is 0 Å². The molecule has 0 bridgehead atoms. The Morgan fingerprint density at radius 3 is 2.71 bits per heavy atom. The van der Waals surface area contributed by atoms with Gasteiger partial charge < -0.3 is 4.90 Å². The number of nitrogens with zero attached hydrogens (tertiary/aromatic N) is 2. The fourth-order valence-corrected chi connectivity index (χ4v) is 5.37. The Morgan fingerprint density at radius 1 is 1.21 bits per heavy atom. The van der Waals surface area contributed by atoms with Gasteiger partial charge in [-0.2, -0.15) is 0 Å². The Bertz CT molecular complexity index is 705. The van der Waals surface area contributed by atoms with Crippen LogP contribution in [0, 0.1) is 11.7 Å². The summed E-state index contributed by atoms with van der Waals surface area (Å²) >= 11 is 1.73. The maximum Gasteiger partial charge on any atom is 0.185 e. The number of halogens is 1. The first kappa shape index (κ1) is 16.1. The quantitative estimate of drug-likeness (QED) is 0.743. The molecule has 1 aliphatic heterocycles. The van der Waals surface area contributed by atoms with E-state index >= 15 is 0 Å². The summed E-state index contributed by atoms with van der Waals surface area (Å²) in [4.78, 5) is 7.42. The van der Waals surface area contributed by atoms with Gasteiger partial charge in [-0.25, -0.2) is 9.37 Å². The summed E-state index contributed by atoms with van der Waals surface area (Å²) in [5.74, 6) is 0.663. The van der Waals surface area contributed by atoms with Crippen LogP contribution >= 0.6 is 11.3 Å². The molecule has 2 heterocycles. The van der Waals surface area contributed by atoms with Gasteiger partial charge in [-0.05, 0) is 36.8 Å². The highest BCUT2D eigenvalue weighted by Crippen LogP contribution is 2.46. The maximum absolute atomic E-state index is 14.6. The van der Waals surface area contributed by atoms with Crippen molar-refractivity contribution in [2.45, 2.75) is 50.9 Å². The zero-order valence-electron chi connectivity index (χ0n) is 14.3. The summed E-state index contributed by atoms with van der Waals surface area (Å²) in [6, 6.07) is 7.32. The first-order valence-corrected chi connectivity index (χ1v) is 10.0. The molecule has 4 rings (SSSR count). The summed E-state index contributed by atoms with van der Waals surface area (Å²) in [6.45, 7) is 4.50. The van der Waals surface area contributed by atoms with Gasteiger partial charge in [0, 0.05) is 23.9 Å². The lowest BCUT2D eigenvalue weighted by Crippen LogP contribution is -2.32. The Hall–Kier alpha value is -1.42. The van der Waals surface area contributed by atoms with Gasteiger partial charge in [-0.1, -0.05) is 44.4 Å². The highest BCUT2D eigenvalue weighted by atomic mass is 32.1. The van der Waals surface area contributed by atoms with E-state index in [0.29, 0.717) is 0 Å². The van der Waals surface area contributed by atoms with Crippen molar-refractivity contribution in [2.75, 3.05) is 18.0 Å². The third-order valence-corrected chi connectivity index (χ3v) is 6.67. The van der Waals surface area contributed by atoms with Crippen LogP contribution in [0.3, 0.4) is 0 Å². The average molecular weight is 344 g/mol. The number of aromatic nitrogens is 1. The van der Waals surface area contributed by atoms with E-state index < -0.39 is 0 Å². The van der Waals surface area contributed by atoms with Crippen LogP contribution in [-0.2, 0) is 5.41 Å². The first-order valence-electron chi connectivity index (χ1n) is 9.15. The molecule has 2 fully saturated rings. The first-order chi connectivity index (χ1) is 11.7. The minimum atomic E-state index is -0.232. The standard InChI is InChI=1S/C20H25FN2S/c1-15-9-12-23(13-15)19-22-18(14-24-19)20(10-5-2-6-11-20)16-7-3-4-8-17(16)21/h3-4,7-8,14-15H,2,5-6,9-13H2,1H3. The van der Waals surface area contributed by atoms with Crippen LogP contribution in [0.15, 0.2) is 29.6 Å². The van der Waals surface area contributed by atoms with Gasteiger partial charge in [0.1, 0.15) is 5.82 Å². The van der Waals surface area contributed by atoms with Gasteiger partial charge in [0.05, 0.1) is 5.69 Å². The van der Waals surface area contributed by atoms with Gasteiger partial charge in [-0.3, -0.25) is 0 Å². The van der Waals surface area contributed by atoms with E-state index in [1.54, 1.807) is 23.5 Å². The fraction of sp³-hybridized carbons (Fsp3) is 0.550. The molecule has 2 nitrogen and oxygen atoms in total. The van der Waals surface area contributed by atoms with Crippen molar-refractivity contribution in [2.24, 2.45) is 5.92 Å². The Labute approximate surface area is 147 Å². The third-order valence-electron chi connectivity index (χ3n) is 5.77. The van der Waals surface area contributed by atoms with E-state index in [2.05, 4.69) is 17.2 Å². The number of anilines is 1. The predicted octanol–water partition coefficient (Wildman–Crippen LogP) is 5.38. The van der Waals surface area contributed by atoms with Crippen molar-refractivity contribution in [1.82, 2.24) is 4.98 Å². The third kappa shape index (κ3) is 2.75. The summed E-state index contributed by atoms with van der Waals surface area (Å²) < 4.78 is 14.6. The molecule has 0 amide bonds. The van der Waals surface area contributed by atoms with Crippen LogP contribution in [-0.4, -0.2) is 18.1 Å². The van der Waals surface area contributed by atoms with Crippen LogP contribution in [0.5, 0.6) is 0 Å². The molecule has 0 radical (unpaired) electrons. The molecule has 4 heteroatoms. The molecule has 1 unspecified atom stereocenters. The minimum Gasteiger partial charge on any atom is -0.348 e. The predicted molar refractivity (Wildman–Crippen MR) is 98.4 cm³/mol. The second kappa shape index (κ2) is 6.47. The Kier molecular flexibility index (Phi) is 4.33. The fourth-order valence-electron chi connectivity index (χ4n) is 4.41. The topological polar surface area (TPSA) is 16.1 Å². The minimum absolute atomic E-state index is 0.0799. The summed E-state index contributed by atoms with van der Waals surface area (Å²) in [5.41, 5.74) is 1.70. The number of thiazole rings is 1. The molecular formula is C20H25FN2S. The second-order valence-electron chi connectivity index (χ2n) is 7.48. The van der Waals surface area contributed by atoms with Gasteiger partial charge in [-0.15, -0.1) is 11.3 Å². The van der Waals surface area contributed by atoms with Crippen LogP contribution in [0.4, 0.5) is 9.52 Å². The maximum atomic E-state index is 14.6. The van der Waals surface area contributed by atoms with E-state index in [4.69, 9.17) is 4.98 Å². The smallest absolute Gasteiger partial charge is 0.185 e. The zero-order chi connectivity index (χ0) is 16.6. The molecule has 1 aromatic heterocycles. The van der Waals surface area contributed by atoms with Gasteiger partial charge >= 0.3 is 0 Å². The van der Waals surface area contributed by atoms with E-state index in [1.807, 2.05) is 12.1 Å². The summed E-state index contributed by atoms with van der Waals surface area (Å²) in [6.07, 6.45) is 6.81. The lowest BCUT2D eigenvalue weighted by Gasteiger charge is -2.36. The van der Waals surface area contributed by atoms with Gasteiger partial charge in [0.15, 0.2) is 5.13 Å². The molecule has 24 heavy (non-hydrogen) atoms. The highest BCUT2D eigenvalue weighted by Gasteiger charge is 2.40. The van der Waals surface area contributed by atoms with Gasteiger partial charge in [0.2, 0.25) is 0 Å². The van der Waals surface area contributed by atoms with Crippen molar-refractivity contribution in [1.29, 1.82) is 0 Å². The second-order valence-corrected chi connectivity index (χ2v) is 8.31. The molecule has 2 aliphatic rings. The summed E-state index contributed by atoms with van der Waals surface area (Å²) in [5, 5.41) is 3.31. The van der Waals surface area contributed by atoms with Crippen molar-refractivity contribution < 1.29 is 4.39 Å². The van der Waals surface area contributed by atoms with E-state index in [0.717, 1.165) is 61.1 Å². The molecular weight excluding hydrogens is 319 g/mol. The zero-order valence-corrected chi connectivity index (χ0v) is 15.1. The van der Waals surface area contributed by atoms with Crippen LogP contribution in [0.25, 0.3) is 0 Å². The molecule has 2 aromatic rings. The van der Waals surface area contributed by atoms with Gasteiger partial charge in [0.25, 0.3) is 0 Å². The molecule has 128 valence electrons. The van der Waals surface area contributed by atoms with E-state index in [1.165, 1.54) is 12.8 Å². The summed E-state index contributed by atoms with van der Waals surface area (Å²) in [7, 11) is 0. The number of hydrogen-bond donors (Lipinski definition) is 0. The van der Waals surface area contributed by atoms with Crippen LogP contribution in [0.1, 0.15) is 56.7 Å². The molecule has 1 saturated carbocycles. The average Bonchev–Trinajstić information content (AvgIpc) is 3.25. The van der Waals surface area contributed by atoms with Crippen molar-refractivity contribution >= 4 is 16.5 Å². The molecule has 1 aromatic carbocycles. The lowest BCUT2D eigenvalue weighted by atomic mass is 9.67. The Morgan fingerprint density at radius 2 is 2.00 bits per heavy atom. The normalized spacial score (nSPS) is 23.6. The molecule has 1 saturated heterocycles. The van der Waals surface area contributed by atoms with E-state index in [9.17, 15) is 4.39 Å². The Balaban J connectivity index is 1.72. The van der Waals surface area contributed by atoms with Crippen LogP contribution < -0.4 is 4.90 Å². The SMILES string of the molecule is CC1CCN(c2nc(C3(c4ccccc4F)CCCCC3)cs2)C1. The molecule has 1 atom stereocenters. The monoisotopic (exact) mass is 344 g/mol. The molecule has 1 aliphatic carbocycles. The molecule has 0 N–H and O–H groups in total. The lowest BCUT2D eigenvalue weighted by molar-refractivity contribution is 0.329. The molecule has 0 spiro atoms. The number of benzene rings is 1.